The molecule has 0 radical (unpaired) electrons. The van der Waals surface area contributed by atoms with Gasteiger partial charge in [0.2, 0.25) is 5.91 Å². The smallest absolute Gasteiger partial charge is 0.275 e. The Hall–Kier alpha value is -3.61. The van der Waals surface area contributed by atoms with Gasteiger partial charge in [-0.15, -0.1) is 0 Å². The molecule has 2 aromatic carbocycles. The summed E-state index contributed by atoms with van der Waals surface area (Å²) < 4.78 is 13.7. The van der Waals surface area contributed by atoms with Gasteiger partial charge in [-0.3, -0.25) is 14.6 Å². The zero-order valence-corrected chi connectivity index (χ0v) is 20.1. The fraction of sp³-hybridized carbons (Fsp3) is 0.333. The first-order valence-corrected chi connectivity index (χ1v) is 11.4. The summed E-state index contributed by atoms with van der Waals surface area (Å²) in [5.41, 5.74) is 2.36. The first-order valence-electron chi connectivity index (χ1n) is 11.4. The Morgan fingerprint density at radius 1 is 1.09 bits per heavy atom. The van der Waals surface area contributed by atoms with Crippen LogP contribution in [0.4, 0.5) is 4.39 Å². The fourth-order valence-corrected chi connectivity index (χ4v) is 3.64. The number of aryl methyl sites for hydroxylation is 1. The molecule has 1 N–H and O–H groups in total. The molecule has 1 heterocycles. The number of amides is 2. The molecule has 3 aromatic rings. The van der Waals surface area contributed by atoms with Crippen LogP contribution in [0.15, 0.2) is 67.1 Å². The van der Waals surface area contributed by atoms with Gasteiger partial charge in [-0.1, -0.05) is 43.3 Å². The maximum Gasteiger partial charge on any atom is 0.275 e. The Labute approximate surface area is 200 Å². The minimum absolute atomic E-state index is 0.141. The lowest BCUT2D eigenvalue weighted by Crippen LogP contribution is -2.50. The topological polar surface area (TPSA) is 75.2 Å². The van der Waals surface area contributed by atoms with Crippen molar-refractivity contribution in [2.24, 2.45) is 0 Å². The van der Waals surface area contributed by atoms with E-state index >= 15 is 0 Å². The quantitative estimate of drug-likeness (QED) is 0.502. The van der Waals surface area contributed by atoms with E-state index in [2.05, 4.69) is 15.3 Å². The molecule has 0 aliphatic rings. The van der Waals surface area contributed by atoms with Crippen molar-refractivity contribution >= 4 is 11.8 Å². The summed E-state index contributed by atoms with van der Waals surface area (Å²) in [6.07, 6.45) is 5.57. The zero-order valence-electron chi connectivity index (χ0n) is 20.1. The van der Waals surface area contributed by atoms with Crippen LogP contribution in [0.5, 0.6) is 0 Å². The van der Waals surface area contributed by atoms with Gasteiger partial charge in [0.15, 0.2) is 0 Å². The normalized spacial score (nSPS) is 12.1. The summed E-state index contributed by atoms with van der Waals surface area (Å²) in [6.45, 7) is 8.11. The highest BCUT2D eigenvalue weighted by Crippen LogP contribution is 2.26. The molecule has 34 heavy (non-hydrogen) atoms. The van der Waals surface area contributed by atoms with Gasteiger partial charge >= 0.3 is 0 Å². The SMILES string of the molecule is CCC(C)(C)NC(=O)C(c1ccc(F)cc1)N(CCc1ccccc1C)C(=O)c1cnccn1. The number of carbonyl (C=O) groups is 2. The van der Waals surface area contributed by atoms with Gasteiger partial charge in [0, 0.05) is 24.5 Å². The minimum atomic E-state index is -0.968. The molecule has 2 amide bonds. The lowest BCUT2D eigenvalue weighted by atomic mass is 9.97. The molecule has 1 atom stereocenters. The third kappa shape index (κ3) is 6.25. The summed E-state index contributed by atoms with van der Waals surface area (Å²) in [5, 5.41) is 3.05. The van der Waals surface area contributed by atoms with Crippen molar-refractivity contribution in [1.29, 1.82) is 0 Å². The standard InChI is InChI=1S/C27H31FN4O2/c1-5-27(3,4)31-25(33)24(21-10-12-22(28)13-11-21)32(26(34)23-18-29-15-16-30-23)17-14-20-9-7-6-8-19(20)2/h6-13,15-16,18,24H,5,14,17H2,1-4H3,(H,31,33). The maximum absolute atomic E-state index is 13.7. The summed E-state index contributed by atoms with van der Waals surface area (Å²) in [4.78, 5) is 37.0. The minimum Gasteiger partial charge on any atom is -0.349 e. The maximum atomic E-state index is 13.7. The van der Waals surface area contributed by atoms with Crippen LogP contribution in [-0.2, 0) is 11.2 Å². The summed E-state index contributed by atoms with van der Waals surface area (Å²) >= 11 is 0. The van der Waals surface area contributed by atoms with Crippen molar-refractivity contribution < 1.29 is 14.0 Å². The van der Waals surface area contributed by atoms with Crippen molar-refractivity contribution in [3.63, 3.8) is 0 Å². The second-order valence-electron chi connectivity index (χ2n) is 8.95. The molecule has 0 aliphatic heterocycles. The van der Waals surface area contributed by atoms with Crippen LogP contribution in [0.1, 0.15) is 60.4 Å². The van der Waals surface area contributed by atoms with Crippen LogP contribution < -0.4 is 5.32 Å². The second-order valence-corrected chi connectivity index (χ2v) is 8.95. The molecule has 7 heteroatoms. The average molecular weight is 463 g/mol. The Morgan fingerprint density at radius 2 is 1.79 bits per heavy atom. The van der Waals surface area contributed by atoms with Crippen LogP contribution in [-0.4, -0.2) is 38.8 Å². The van der Waals surface area contributed by atoms with Crippen LogP contribution >= 0.6 is 0 Å². The number of hydrogen-bond acceptors (Lipinski definition) is 4. The Bertz CT molecular complexity index is 1120. The number of hydrogen-bond donors (Lipinski definition) is 1. The largest absolute Gasteiger partial charge is 0.349 e. The van der Waals surface area contributed by atoms with Crippen LogP contribution in [0, 0.1) is 12.7 Å². The molecular formula is C27H31FN4O2. The predicted octanol–water partition coefficient (Wildman–Crippen LogP) is 4.66. The first kappa shape index (κ1) is 25.0. The molecule has 0 saturated carbocycles. The molecule has 178 valence electrons. The van der Waals surface area contributed by atoms with Crippen LogP contribution in [0.3, 0.4) is 0 Å². The summed E-state index contributed by atoms with van der Waals surface area (Å²) in [5.74, 6) is -1.16. The molecular weight excluding hydrogens is 431 g/mol. The molecule has 0 fully saturated rings. The van der Waals surface area contributed by atoms with E-state index in [-0.39, 0.29) is 18.1 Å². The van der Waals surface area contributed by atoms with Crippen molar-refractivity contribution in [3.8, 4) is 0 Å². The summed E-state index contributed by atoms with van der Waals surface area (Å²) in [7, 11) is 0. The molecule has 0 aliphatic carbocycles. The van der Waals surface area contributed by atoms with E-state index in [0.29, 0.717) is 18.4 Å². The third-order valence-corrected chi connectivity index (χ3v) is 6.02. The highest BCUT2D eigenvalue weighted by Gasteiger charge is 2.34. The predicted molar refractivity (Wildman–Crippen MR) is 130 cm³/mol. The molecule has 1 aromatic heterocycles. The molecule has 0 saturated heterocycles. The van der Waals surface area contributed by atoms with Gasteiger partial charge in [0.1, 0.15) is 17.6 Å². The van der Waals surface area contributed by atoms with Crippen LogP contribution in [0.25, 0.3) is 0 Å². The van der Waals surface area contributed by atoms with E-state index in [1.54, 1.807) is 12.1 Å². The number of aromatic nitrogens is 2. The van der Waals surface area contributed by atoms with Crippen molar-refractivity contribution in [2.45, 2.75) is 52.1 Å². The van der Waals surface area contributed by atoms with Gasteiger partial charge in [-0.25, -0.2) is 9.37 Å². The lowest BCUT2D eigenvalue weighted by molar-refractivity contribution is -0.127. The average Bonchev–Trinajstić information content (AvgIpc) is 2.83. The van der Waals surface area contributed by atoms with Gasteiger partial charge in [-0.2, -0.15) is 0 Å². The van der Waals surface area contributed by atoms with E-state index in [9.17, 15) is 14.0 Å². The molecule has 0 spiro atoms. The second kappa shape index (κ2) is 11.0. The van der Waals surface area contributed by atoms with E-state index in [4.69, 9.17) is 0 Å². The molecule has 6 nitrogen and oxygen atoms in total. The van der Waals surface area contributed by atoms with E-state index < -0.39 is 23.3 Å². The number of nitrogens with zero attached hydrogens (tertiary/aromatic N) is 3. The number of halogens is 1. The van der Waals surface area contributed by atoms with E-state index in [1.165, 1.54) is 35.6 Å². The van der Waals surface area contributed by atoms with Crippen LogP contribution in [0.2, 0.25) is 0 Å². The number of benzene rings is 2. The van der Waals surface area contributed by atoms with Gasteiger partial charge in [0.25, 0.3) is 5.91 Å². The molecule has 1 unspecified atom stereocenters. The Kier molecular flexibility index (Phi) is 8.10. The third-order valence-electron chi connectivity index (χ3n) is 6.02. The highest BCUT2D eigenvalue weighted by atomic mass is 19.1. The van der Waals surface area contributed by atoms with Crippen molar-refractivity contribution in [1.82, 2.24) is 20.2 Å². The Morgan fingerprint density at radius 3 is 2.41 bits per heavy atom. The first-order chi connectivity index (χ1) is 16.2. The van der Waals surface area contributed by atoms with Crippen molar-refractivity contribution in [2.75, 3.05) is 6.54 Å². The number of rotatable bonds is 9. The number of nitrogens with one attached hydrogen (secondary N) is 1. The Balaban J connectivity index is 2.05. The summed E-state index contributed by atoms with van der Waals surface area (Å²) in [6, 6.07) is 12.6. The monoisotopic (exact) mass is 462 g/mol. The highest BCUT2D eigenvalue weighted by molar-refractivity contribution is 5.96. The zero-order chi connectivity index (χ0) is 24.7. The lowest BCUT2D eigenvalue weighted by Gasteiger charge is -2.34. The number of carbonyl (C=O) groups excluding carboxylic acids is 2. The van der Waals surface area contributed by atoms with Gasteiger partial charge < -0.3 is 10.2 Å². The molecule has 3 rings (SSSR count). The van der Waals surface area contributed by atoms with Gasteiger partial charge in [-0.05, 0) is 62.4 Å². The van der Waals surface area contributed by atoms with Gasteiger partial charge in [0.05, 0.1) is 6.20 Å². The van der Waals surface area contributed by atoms with E-state index in [1.807, 2.05) is 52.0 Å². The van der Waals surface area contributed by atoms with Crippen molar-refractivity contribution in [3.05, 3.63) is 95.3 Å². The fourth-order valence-electron chi connectivity index (χ4n) is 3.64. The van der Waals surface area contributed by atoms with E-state index in [0.717, 1.165) is 11.1 Å². The molecule has 0 bridgehead atoms.